The first kappa shape index (κ1) is 17.4. The lowest BCUT2D eigenvalue weighted by molar-refractivity contribution is 0.0691. The van der Waals surface area contributed by atoms with Crippen LogP contribution >= 0.6 is 0 Å². The molecule has 1 saturated heterocycles. The molecule has 1 heterocycles. The van der Waals surface area contributed by atoms with Gasteiger partial charge in [0.05, 0.1) is 0 Å². The van der Waals surface area contributed by atoms with Crippen molar-refractivity contribution in [1.29, 1.82) is 0 Å². The van der Waals surface area contributed by atoms with Crippen molar-refractivity contribution in [3.05, 3.63) is 65.5 Å². The van der Waals surface area contributed by atoms with Gasteiger partial charge in [0.25, 0.3) is 0 Å². The number of benzene rings is 2. The van der Waals surface area contributed by atoms with E-state index in [1.165, 1.54) is 12.1 Å². The molecule has 132 valence electrons. The molecular formula is C20H22FNO3. The summed E-state index contributed by atoms with van der Waals surface area (Å²) in [4.78, 5) is 13.5. The minimum absolute atomic E-state index is 0.161. The highest BCUT2D eigenvalue weighted by Gasteiger charge is 2.32. The molecule has 0 aromatic heterocycles. The SMILES string of the molecule is C[C@@H]1CCN(CCOc2ccccc2C(=O)O)[C@H]1c1cccc(F)c1. The minimum atomic E-state index is -0.997. The fraction of sp³-hybridized carbons (Fsp3) is 0.350. The zero-order valence-electron chi connectivity index (χ0n) is 14.2. The second-order valence-electron chi connectivity index (χ2n) is 6.45. The predicted octanol–water partition coefficient (Wildman–Crippen LogP) is 3.99. The third-order valence-corrected chi connectivity index (χ3v) is 4.75. The van der Waals surface area contributed by atoms with Crippen LogP contribution in [0.5, 0.6) is 5.75 Å². The number of nitrogens with zero attached hydrogens (tertiary/aromatic N) is 1. The van der Waals surface area contributed by atoms with Gasteiger partial charge in [-0.3, -0.25) is 4.90 Å². The average molecular weight is 343 g/mol. The highest BCUT2D eigenvalue weighted by atomic mass is 19.1. The van der Waals surface area contributed by atoms with E-state index in [0.717, 1.165) is 18.5 Å². The van der Waals surface area contributed by atoms with Crippen molar-refractivity contribution in [2.24, 2.45) is 5.92 Å². The molecular weight excluding hydrogens is 321 g/mol. The number of rotatable bonds is 6. The van der Waals surface area contributed by atoms with E-state index in [-0.39, 0.29) is 17.4 Å². The maximum atomic E-state index is 13.6. The van der Waals surface area contributed by atoms with Gasteiger partial charge in [-0.15, -0.1) is 0 Å². The Kier molecular flexibility index (Phi) is 5.34. The van der Waals surface area contributed by atoms with Crippen LogP contribution in [0.25, 0.3) is 0 Å². The molecule has 2 aromatic carbocycles. The van der Waals surface area contributed by atoms with Gasteiger partial charge in [-0.25, -0.2) is 9.18 Å². The van der Waals surface area contributed by atoms with E-state index in [2.05, 4.69) is 11.8 Å². The average Bonchev–Trinajstić information content (AvgIpc) is 2.96. The molecule has 25 heavy (non-hydrogen) atoms. The van der Waals surface area contributed by atoms with Crippen molar-refractivity contribution >= 4 is 5.97 Å². The standard InChI is InChI=1S/C20H22FNO3/c1-14-9-10-22(19(14)15-5-4-6-16(21)13-15)11-12-25-18-8-3-2-7-17(18)20(23)24/h2-8,13-14,19H,9-12H2,1H3,(H,23,24)/t14-,19-/m1/s1. The van der Waals surface area contributed by atoms with Crippen molar-refractivity contribution in [1.82, 2.24) is 4.90 Å². The van der Waals surface area contributed by atoms with Gasteiger partial charge in [0.2, 0.25) is 0 Å². The lowest BCUT2D eigenvalue weighted by atomic mass is 9.95. The molecule has 5 heteroatoms. The van der Waals surface area contributed by atoms with E-state index < -0.39 is 5.97 Å². The molecule has 0 spiro atoms. The van der Waals surface area contributed by atoms with E-state index in [4.69, 9.17) is 4.74 Å². The molecule has 0 aliphatic carbocycles. The molecule has 4 nitrogen and oxygen atoms in total. The Bertz CT molecular complexity index is 749. The summed E-state index contributed by atoms with van der Waals surface area (Å²) >= 11 is 0. The molecule has 0 unspecified atom stereocenters. The Morgan fingerprint density at radius 1 is 1.28 bits per heavy atom. The summed E-state index contributed by atoms with van der Waals surface area (Å²) in [5.74, 6) is -0.399. The van der Waals surface area contributed by atoms with E-state index in [9.17, 15) is 14.3 Å². The van der Waals surface area contributed by atoms with Gasteiger partial charge < -0.3 is 9.84 Å². The Morgan fingerprint density at radius 2 is 2.08 bits per heavy atom. The molecule has 0 bridgehead atoms. The van der Waals surface area contributed by atoms with Crippen LogP contribution in [-0.4, -0.2) is 35.7 Å². The monoisotopic (exact) mass is 343 g/mol. The molecule has 1 N–H and O–H groups in total. The van der Waals surface area contributed by atoms with Crippen LogP contribution in [0.3, 0.4) is 0 Å². The lowest BCUT2D eigenvalue weighted by Gasteiger charge is -2.27. The summed E-state index contributed by atoms with van der Waals surface area (Å²) in [5.41, 5.74) is 1.15. The van der Waals surface area contributed by atoms with Crippen molar-refractivity contribution in [2.75, 3.05) is 19.7 Å². The smallest absolute Gasteiger partial charge is 0.339 e. The number of para-hydroxylation sites is 1. The normalized spacial score (nSPS) is 20.6. The van der Waals surface area contributed by atoms with Gasteiger partial charge in [0.15, 0.2) is 0 Å². The topological polar surface area (TPSA) is 49.8 Å². The van der Waals surface area contributed by atoms with Crippen LogP contribution < -0.4 is 4.74 Å². The van der Waals surface area contributed by atoms with E-state index in [1.54, 1.807) is 30.3 Å². The maximum absolute atomic E-state index is 13.6. The third kappa shape index (κ3) is 3.99. The fourth-order valence-corrected chi connectivity index (χ4v) is 3.55. The van der Waals surface area contributed by atoms with Crippen molar-refractivity contribution in [3.8, 4) is 5.75 Å². The first-order valence-corrected chi connectivity index (χ1v) is 8.51. The lowest BCUT2D eigenvalue weighted by Crippen LogP contribution is -2.29. The number of carboxylic acids is 1. The molecule has 1 fully saturated rings. The summed E-state index contributed by atoms with van der Waals surface area (Å²) in [6, 6.07) is 13.6. The molecule has 2 atom stereocenters. The van der Waals surface area contributed by atoms with Gasteiger partial charge in [0, 0.05) is 12.6 Å². The van der Waals surface area contributed by atoms with Crippen LogP contribution in [0.1, 0.15) is 35.3 Å². The summed E-state index contributed by atoms with van der Waals surface area (Å²) in [6.45, 7) is 4.16. The van der Waals surface area contributed by atoms with Crippen LogP contribution in [0, 0.1) is 11.7 Å². The zero-order valence-corrected chi connectivity index (χ0v) is 14.2. The predicted molar refractivity (Wildman–Crippen MR) is 93.4 cm³/mol. The van der Waals surface area contributed by atoms with E-state index >= 15 is 0 Å². The zero-order chi connectivity index (χ0) is 17.8. The van der Waals surface area contributed by atoms with Crippen LogP contribution in [0.2, 0.25) is 0 Å². The maximum Gasteiger partial charge on any atom is 0.339 e. The van der Waals surface area contributed by atoms with Gasteiger partial charge in [-0.1, -0.05) is 31.2 Å². The summed E-state index contributed by atoms with van der Waals surface area (Å²) < 4.78 is 19.3. The Morgan fingerprint density at radius 3 is 2.84 bits per heavy atom. The van der Waals surface area contributed by atoms with Gasteiger partial charge in [-0.2, -0.15) is 0 Å². The Labute approximate surface area is 146 Å². The number of hydrogen-bond acceptors (Lipinski definition) is 3. The number of carbonyl (C=O) groups is 1. The molecule has 2 aromatic rings. The number of ether oxygens (including phenoxy) is 1. The van der Waals surface area contributed by atoms with Crippen LogP contribution in [0.4, 0.5) is 4.39 Å². The molecule has 0 saturated carbocycles. The largest absolute Gasteiger partial charge is 0.491 e. The highest BCUT2D eigenvalue weighted by molar-refractivity contribution is 5.90. The quantitative estimate of drug-likeness (QED) is 0.862. The van der Waals surface area contributed by atoms with Crippen LogP contribution in [-0.2, 0) is 0 Å². The molecule has 3 rings (SSSR count). The molecule has 1 aliphatic heterocycles. The number of likely N-dealkylation sites (tertiary alicyclic amines) is 1. The number of carboxylic acid groups (broad SMARTS) is 1. The summed E-state index contributed by atoms with van der Waals surface area (Å²) in [7, 11) is 0. The van der Waals surface area contributed by atoms with Crippen molar-refractivity contribution in [2.45, 2.75) is 19.4 Å². The van der Waals surface area contributed by atoms with Crippen molar-refractivity contribution < 1.29 is 19.0 Å². The highest BCUT2D eigenvalue weighted by Crippen LogP contribution is 2.36. The second kappa shape index (κ2) is 7.66. The van der Waals surface area contributed by atoms with Gasteiger partial charge in [-0.05, 0) is 48.7 Å². The third-order valence-electron chi connectivity index (χ3n) is 4.75. The minimum Gasteiger partial charge on any atom is -0.491 e. The molecule has 0 amide bonds. The Balaban J connectivity index is 1.65. The molecule has 1 aliphatic rings. The van der Waals surface area contributed by atoms with Gasteiger partial charge >= 0.3 is 5.97 Å². The second-order valence-corrected chi connectivity index (χ2v) is 6.45. The summed E-state index contributed by atoms with van der Waals surface area (Å²) in [5, 5.41) is 9.20. The van der Waals surface area contributed by atoms with E-state index in [1.807, 2.05) is 6.07 Å². The number of halogens is 1. The van der Waals surface area contributed by atoms with Crippen molar-refractivity contribution in [3.63, 3.8) is 0 Å². The first-order chi connectivity index (χ1) is 12.1. The number of aromatic carboxylic acids is 1. The summed E-state index contributed by atoms with van der Waals surface area (Å²) in [6.07, 6.45) is 1.05. The van der Waals surface area contributed by atoms with E-state index in [0.29, 0.717) is 24.8 Å². The van der Waals surface area contributed by atoms with Gasteiger partial charge in [0.1, 0.15) is 23.7 Å². The first-order valence-electron chi connectivity index (χ1n) is 8.51. The van der Waals surface area contributed by atoms with Crippen LogP contribution in [0.15, 0.2) is 48.5 Å². The fourth-order valence-electron chi connectivity index (χ4n) is 3.55. The Hall–Kier alpha value is -2.40. The number of hydrogen-bond donors (Lipinski definition) is 1. The molecule has 0 radical (unpaired) electrons.